The van der Waals surface area contributed by atoms with Gasteiger partial charge in [-0.1, -0.05) is 31.5 Å². The quantitative estimate of drug-likeness (QED) is 0.575. The molecule has 1 aromatic carbocycles. The number of carbonyl (C=O) groups is 2. The molecule has 2 nitrogen and oxygen atoms in total. The van der Waals surface area contributed by atoms with Crippen LogP contribution in [0.2, 0.25) is 0 Å². The molecular weight excluding hydrogens is 200 g/mol. The molecule has 0 spiro atoms. The topological polar surface area (TPSA) is 34.1 Å². The summed E-state index contributed by atoms with van der Waals surface area (Å²) in [6, 6.07) is 5.61. The van der Waals surface area contributed by atoms with Crippen molar-refractivity contribution in [2.45, 2.75) is 34.1 Å². The molecule has 0 saturated carbocycles. The highest BCUT2D eigenvalue weighted by Gasteiger charge is 2.18. The van der Waals surface area contributed by atoms with E-state index in [4.69, 9.17) is 0 Å². The molecule has 86 valence electrons. The summed E-state index contributed by atoms with van der Waals surface area (Å²) in [7, 11) is 0. The second-order valence-corrected chi connectivity index (χ2v) is 4.67. The van der Waals surface area contributed by atoms with Crippen LogP contribution in [0.15, 0.2) is 18.2 Å². The van der Waals surface area contributed by atoms with Gasteiger partial charge in [0.25, 0.3) is 0 Å². The standard InChI is InChI=1S/C14H18O2/c1-9(2)7-13(15)14(16)12-8-10(3)5-6-11(12)4/h5-6,8-9H,7H2,1-4H3. The third kappa shape index (κ3) is 3.02. The van der Waals surface area contributed by atoms with Crippen molar-refractivity contribution in [3.63, 3.8) is 0 Å². The average molecular weight is 218 g/mol. The minimum atomic E-state index is -0.352. The van der Waals surface area contributed by atoms with Crippen LogP contribution in [0, 0.1) is 19.8 Å². The van der Waals surface area contributed by atoms with E-state index >= 15 is 0 Å². The Labute approximate surface area is 96.7 Å². The molecule has 1 aromatic rings. The van der Waals surface area contributed by atoms with Crippen molar-refractivity contribution in [1.29, 1.82) is 0 Å². The van der Waals surface area contributed by atoms with Gasteiger partial charge in [0, 0.05) is 12.0 Å². The molecule has 0 atom stereocenters. The molecule has 0 unspecified atom stereocenters. The van der Waals surface area contributed by atoms with Gasteiger partial charge in [0.1, 0.15) is 0 Å². The number of benzene rings is 1. The fourth-order valence-corrected chi connectivity index (χ4v) is 1.59. The van der Waals surface area contributed by atoms with E-state index in [1.807, 2.05) is 39.8 Å². The summed E-state index contributed by atoms with van der Waals surface area (Å²) in [6.07, 6.45) is 0.326. The van der Waals surface area contributed by atoms with Crippen molar-refractivity contribution in [2.24, 2.45) is 5.92 Å². The first-order valence-corrected chi connectivity index (χ1v) is 5.56. The van der Waals surface area contributed by atoms with E-state index in [1.165, 1.54) is 0 Å². The van der Waals surface area contributed by atoms with Crippen molar-refractivity contribution in [1.82, 2.24) is 0 Å². The summed E-state index contributed by atoms with van der Waals surface area (Å²) in [5.41, 5.74) is 2.42. The number of aryl methyl sites for hydroxylation is 2. The fourth-order valence-electron chi connectivity index (χ4n) is 1.59. The van der Waals surface area contributed by atoms with E-state index < -0.39 is 0 Å². The molecule has 0 aromatic heterocycles. The van der Waals surface area contributed by atoms with Gasteiger partial charge >= 0.3 is 0 Å². The van der Waals surface area contributed by atoms with Gasteiger partial charge in [0.15, 0.2) is 0 Å². The average Bonchev–Trinajstić information content (AvgIpc) is 2.19. The second-order valence-electron chi connectivity index (χ2n) is 4.67. The molecule has 0 amide bonds. The van der Waals surface area contributed by atoms with Crippen LogP contribution in [0.5, 0.6) is 0 Å². The first-order valence-electron chi connectivity index (χ1n) is 5.56. The lowest BCUT2D eigenvalue weighted by Crippen LogP contribution is -2.17. The van der Waals surface area contributed by atoms with Crippen molar-refractivity contribution >= 4 is 11.6 Å². The van der Waals surface area contributed by atoms with Crippen LogP contribution in [0.25, 0.3) is 0 Å². The molecule has 0 saturated heterocycles. The van der Waals surface area contributed by atoms with Crippen LogP contribution in [0.3, 0.4) is 0 Å². The highest BCUT2D eigenvalue weighted by atomic mass is 16.2. The lowest BCUT2D eigenvalue weighted by Gasteiger charge is -2.06. The Kier molecular flexibility index (Phi) is 3.99. The van der Waals surface area contributed by atoms with Gasteiger partial charge in [-0.3, -0.25) is 9.59 Å². The van der Waals surface area contributed by atoms with E-state index in [1.54, 1.807) is 6.07 Å². The first-order chi connectivity index (χ1) is 7.41. The second kappa shape index (κ2) is 5.06. The highest BCUT2D eigenvalue weighted by molar-refractivity contribution is 6.44. The summed E-state index contributed by atoms with van der Waals surface area (Å²) >= 11 is 0. The molecule has 0 radical (unpaired) electrons. The SMILES string of the molecule is Cc1ccc(C)c(C(=O)C(=O)CC(C)C)c1. The normalized spacial score (nSPS) is 10.6. The largest absolute Gasteiger partial charge is 0.290 e. The monoisotopic (exact) mass is 218 g/mol. The van der Waals surface area contributed by atoms with Crippen molar-refractivity contribution < 1.29 is 9.59 Å². The number of Topliss-reactive ketones (excluding diaryl/α,β-unsaturated/α-hetero) is 2. The Morgan fingerprint density at radius 2 is 1.81 bits per heavy atom. The van der Waals surface area contributed by atoms with E-state index in [9.17, 15) is 9.59 Å². The molecule has 16 heavy (non-hydrogen) atoms. The third-order valence-electron chi connectivity index (χ3n) is 2.48. The lowest BCUT2D eigenvalue weighted by atomic mass is 9.96. The Morgan fingerprint density at radius 3 is 2.38 bits per heavy atom. The number of rotatable bonds is 4. The molecule has 0 aliphatic heterocycles. The minimum Gasteiger partial charge on any atom is -0.290 e. The van der Waals surface area contributed by atoms with Crippen LogP contribution in [0.4, 0.5) is 0 Å². The Morgan fingerprint density at radius 1 is 1.19 bits per heavy atom. The summed E-state index contributed by atoms with van der Waals surface area (Å²) in [5.74, 6) is -0.417. The van der Waals surface area contributed by atoms with Crippen molar-refractivity contribution in [2.75, 3.05) is 0 Å². The zero-order valence-electron chi connectivity index (χ0n) is 10.3. The zero-order chi connectivity index (χ0) is 12.3. The molecule has 0 heterocycles. The lowest BCUT2D eigenvalue weighted by molar-refractivity contribution is -0.115. The van der Waals surface area contributed by atoms with E-state index in [-0.39, 0.29) is 17.5 Å². The zero-order valence-corrected chi connectivity index (χ0v) is 10.3. The third-order valence-corrected chi connectivity index (χ3v) is 2.48. The van der Waals surface area contributed by atoms with Gasteiger partial charge in [-0.2, -0.15) is 0 Å². The summed E-state index contributed by atoms with van der Waals surface area (Å²) in [6.45, 7) is 7.65. The molecular formula is C14H18O2. The number of carbonyl (C=O) groups excluding carboxylic acids is 2. The van der Waals surface area contributed by atoms with Crippen molar-refractivity contribution in [3.05, 3.63) is 34.9 Å². The van der Waals surface area contributed by atoms with Crippen LogP contribution in [-0.4, -0.2) is 11.6 Å². The number of hydrogen-bond acceptors (Lipinski definition) is 2. The summed E-state index contributed by atoms with van der Waals surface area (Å²) < 4.78 is 0. The predicted molar refractivity (Wildman–Crippen MR) is 64.7 cm³/mol. The fraction of sp³-hybridized carbons (Fsp3) is 0.429. The maximum absolute atomic E-state index is 11.9. The summed E-state index contributed by atoms with van der Waals surface area (Å²) in [4.78, 5) is 23.6. The smallest absolute Gasteiger partial charge is 0.228 e. The molecule has 0 aliphatic carbocycles. The summed E-state index contributed by atoms with van der Waals surface area (Å²) in [5, 5.41) is 0. The van der Waals surface area contributed by atoms with Gasteiger partial charge in [-0.15, -0.1) is 0 Å². The Balaban J connectivity index is 2.96. The van der Waals surface area contributed by atoms with E-state index in [2.05, 4.69) is 0 Å². The first kappa shape index (κ1) is 12.6. The van der Waals surface area contributed by atoms with Gasteiger partial charge in [0.05, 0.1) is 0 Å². The number of hydrogen-bond donors (Lipinski definition) is 0. The number of ketones is 2. The predicted octanol–water partition coefficient (Wildman–Crippen LogP) is 3.10. The molecule has 1 rings (SSSR count). The van der Waals surface area contributed by atoms with Crippen molar-refractivity contribution in [3.8, 4) is 0 Å². The van der Waals surface area contributed by atoms with Gasteiger partial charge in [-0.25, -0.2) is 0 Å². The molecule has 0 bridgehead atoms. The maximum atomic E-state index is 11.9. The molecule has 0 aliphatic rings. The van der Waals surface area contributed by atoms with E-state index in [0.29, 0.717) is 12.0 Å². The van der Waals surface area contributed by atoms with Crippen LogP contribution >= 0.6 is 0 Å². The highest BCUT2D eigenvalue weighted by Crippen LogP contribution is 2.13. The van der Waals surface area contributed by atoms with Gasteiger partial charge in [-0.05, 0) is 31.4 Å². The maximum Gasteiger partial charge on any atom is 0.228 e. The minimum absolute atomic E-state index is 0.224. The van der Waals surface area contributed by atoms with Gasteiger partial charge < -0.3 is 0 Å². The van der Waals surface area contributed by atoms with Gasteiger partial charge in [0.2, 0.25) is 11.6 Å². The molecule has 0 fully saturated rings. The van der Waals surface area contributed by atoms with E-state index in [0.717, 1.165) is 11.1 Å². The molecule has 0 N–H and O–H groups in total. The van der Waals surface area contributed by atoms with Crippen LogP contribution < -0.4 is 0 Å². The van der Waals surface area contributed by atoms with Crippen LogP contribution in [-0.2, 0) is 4.79 Å². The Bertz CT molecular complexity index is 417. The van der Waals surface area contributed by atoms with Crippen LogP contribution in [0.1, 0.15) is 41.8 Å². The Hall–Kier alpha value is -1.44. The molecule has 2 heteroatoms.